The average molecular weight is 263 g/mol. The van der Waals surface area contributed by atoms with Gasteiger partial charge in [-0.15, -0.1) is 0 Å². The van der Waals surface area contributed by atoms with Crippen LogP contribution in [0.1, 0.15) is 16.1 Å². The summed E-state index contributed by atoms with van der Waals surface area (Å²) < 4.78 is 26.1. The molecule has 19 heavy (non-hydrogen) atoms. The number of aryl methyl sites for hydroxylation is 1. The standard InChI is InChI=1S/C13H11F2N3O/c1-7-11(15)6-10(12(16)19)13(17-7)18-9-4-2-8(14)3-5-9/h2-6H,1H3,(H2,16,19)(H,17,18). The summed E-state index contributed by atoms with van der Waals surface area (Å²) >= 11 is 0. The molecule has 1 amide bonds. The zero-order valence-corrected chi connectivity index (χ0v) is 10.1. The molecule has 4 nitrogen and oxygen atoms in total. The van der Waals surface area contributed by atoms with Crippen LogP contribution in [0.3, 0.4) is 0 Å². The Bertz CT molecular complexity index is 627. The van der Waals surface area contributed by atoms with E-state index in [1.54, 1.807) is 0 Å². The van der Waals surface area contributed by atoms with Gasteiger partial charge in [-0.05, 0) is 37.3 Å². The molecular weight excluding hydrogens is 252 g/mol. The third kappa shape index (κ3) is 2.85. The van der Waals surface area contributed by atoms with Crippen LogP contribution in [0.5, 0.6) is 0 Å². The minimum absolute atomic E-state index is 0.0626. The lowest BCUT2D eigenvalue weighted by molar-refractivity contribution is 0.100. The maximum absolute atomic E-state index is 13.4. The van der Waals surface area contributed by atoms with Crippen LogP contribution in [0.25, 0.3) is 0 Å². The van der Waals surface area contributed by atoms with Crippen molar-refractivity contribution in [3.63, 3.8) is 0 Å². The van der Waals surface area contributed by atoms with Crippen molar-refractivity contribution in [3.8, 4) is 0 Å². The van der Waals surface area contributed by atoms with Crippen molar-refractivity contribution in [2.75, 3.05) is 5.32 Å². The third-order valence-corrected chi connectivity index (χ3v) is 2.52. The van der Waals surface area contributed by atoms with Gasteiger partial charge in [0.1, 0.15) is 17.5 Å². The van der Waals surface area contributed by atoms with Gasteiger partial charge < -0.3 is 11.1 Å². The van der Waals surface area contributed by atoms with E-state index in [1.165, 1.54) is 31.2 Å². The van der Waals surface area contributed by atoms with Crippen LogP contribution in [-0.2, 0) is 0 Å². The molecule has 0 radical (unpaired) electrons. The summed E-state index contributed by atoms with van der Waals surface area (Å²) in [6.07, 6.45) is 0. The Morgan fingerprint density at radius 1 is 1.26 bits per heavy atom. The normalized spacial score (nSPS) is 10.3. The number of aromatic nitrogens is 1. The summed E-state index contributed by atoms with van der Waals surface area (Å²) in [7, 11) is 0. The number of nitrogens with zero attached hydrogens (tertiary/aromatic N) is 1. The number of hydrogen-bond acceptors (Lipinski definition) is 3. The summed E-state index contributed by atoms with van der Waals surface area (Å²) in [5.41, 5.74) is 5.75. The highest BCUT2D eigenvalue weighted by atomic mass is 19.1. The first-order chi connectivity index (χ1) is 8.97. The van der Waals surface area contributed by atoms with E-state index in [2.05, 4.69) is 10.3 Å². The Balaban J connectivity index is 2.41. The zero-order chi connectivity index (χ0) is 14.0. The van der Waals surface area contributed by atoms with Gasteiger partial charge in [-0.1, -0.05) is 0 Å². The summed E-state index contributed by atoms with van der Waals surface area (Å²) in [5, 5.41) is 2.80. The zero-order valence-electron chi connectivity index (χ0n) is 10.1. The van der Waals surface area contributed by atoms with Gasteiger partial charge in [0.25, 0.3) is 5.91 Å². The summed E-state index contributed by atoms with van der Waals surface area (Å²) in [5.74, 6) is -1.66. The van der Waals surface area contributed by atoms with Crippen molar-refractivity contribution in [1.82, 2.24) is 4.98 Å². The first kappa shape index (κ1) is 12.9. The van der Waals surface area contributed by atoms with Crippen LogP contribution >= 0.6 is 0 Å². The van der Waals surface area contributed by atoms with Crippen LogP contribution in [0.2, 0.25) is 0 Å². The summed E-state index contributed by atoms with van der Waals surface area (Å²) in [6, 6.07) is 6.47. The van der Waals surface area contributed by atoms with E-state index in [0.29, 0.717) is 5.69 Å². The third-order valence-electron chi connectivity index (χ3n) is 2.52. The van der Waals surface area contributed by atoms with Crippen molar-refractivity contribution in [2.45, 2.75) is 6.92 Å². The van der Waals surface area contributed by atoms with E-state index in [-0.39, 0.29) is 22.9 Å². The monoisotopic (exact) mass is 263 g/mol. The first-order valence-corrected chi connectivity index (χ1v) is 5.47. The van der Waals surface area contributed by atoms with Crippen molar-refractivity contribution in [2.24, 2.45) is 5.73 Å². The molecule has 98 valence electrons. The van der Waals surface area contributed by atoms with Gasteiger partial charge in [0.15, 0.2) is 0 Å². The fraction of sp³-hybridized carbons (Fsp3) is 0.0769. The Kier molecular flexibility index (Phi) is 3.41. The first-order valence-electron chi connectivity index (χ1n) is 5.47. The van der Waals surface area contributed by atoms with Gasteiger partial charge in [0.05, 0.1) is 11.3 Å². The van der Waals surface area contributed by atoms with Gasteiger partial charge in [0.2, 0.25) is 0 Å². The van der Waals surface area contributed by atoms with Gasteiger partial charge in [-0.25, -0.2) is 13.8 Å². The highest BCUT2D eigenvalue weighted by Crippen LogP contribution is 2.21. The molecule has 0 aliphatic heterocycles. The Labute approximate surface area is 108 Å². The maximum atomic E-state index is 13.4. The molecule has 1 aromatic heterocycles. The van der Waals surface area contributed by atoms with Crippen LogP contribution in [0, 0.1) is 18.6 Å². The highest BCUT2D eigenvalue weighted by Gasteiger charge is 2.13. The highest BCUT2D eigenvalue weighted by molar-refractivity contribution is 5.98. The van der Waals surface area contributed by atoms with Crippen LogP contribution in [0.15, 0.2) is 30.3 Å². The molecule has 0 bridgehead atoms. The average Bonchev–Trinajstić information content (AvgIpc) is 2.36. The molecule has 0 aliphatic carbocycles. The summed E-state index contributed by atoms with van der Waals surface area (Å²) in [4.78, 5) is 15.2. The fourth-order valence-electron chi connectivity index (χ4n) is 1.53. The molecule has 0 fully saturated rings. The van der Waals surface area contributed by atoms with Gasteiger partial charge in [-0.3, -0.25) is 4.79 Å². The number of anilines is 2. The van der Waals surface area contributed by atoms with Crippen LogP contribution in [-0.4, -0.2) is 10.9 Å². The maximum Gasteiger partial charge on any atom is 0.252 e. The van der Waals surface area contributed by atoms with Crippen LogP contribution in [0.4, 0.5) is 20.3 Å². The molecule has 1 aromatic carbocycles. The lowest BCUT2D eigenvalue weighted by atomic mass is 10.2. The number of benzene rings is 1. The molecule has 0 unspecified atom stereocenters. The fourth-order valence-corrected chi connectivity index (χ4v) is 1.53. The van der Waals surface area contributed by atoms with E-state index in [9.17, 15) is 13.6 Å². The lowest BCUT2D eigenvalue weighted by Gasteiger charge is -2.10. The number of carbonyl (C=O) groups excluding carboxylic acids is 1. The van der Waals surface area contributed by atoms with E-state index in [0.717, 1.165) is 6.07 Å². The van der Waals surface area contributed by atoms with E-state index >= 15 is 0 Å². The topological polar surface area (TPSA) is 68.0 Å². The number of rotatable bonds is 3. The minimum Gasteiger partial charge on any atom is -0.365 e. The second-order valence-corrected chi connectivity index (χ2v) is 3.95. The van der Waals surface area contributed by atoms with Crippen molar-refractivity contribution in [1.29, 1.82) is 0 Å². The second-order valence-electron chi connectivity index (χ2n) is 3.95. The van der Waals surface area contributed by atoms with E-state index < -0.39 is 11.7 Å². The number of primary amides is 1. The number of nitrogens with one attached hydrogen (secondary N) is 1. The number of pyridine rings is 1. The van der Waals surface area contributed by atoms with Crippen molar-refractivity contribution < 1.29 is 13.6 Å². The molecule has 6 heteroatoms. The Morgan fingerprint density at radius 2 is 1.89 bits per heavy atom. The summed E-state index contributed by atoms with van der Waals surface area (Å²) in [6.45, 7) is 1.47. The molecule has 0 saturated carbocycles. The van der Waals surface area contributed by atoms with Gasteiger partial charge >= 0.3 is 0 Å². The molecular formula is C13H11F2N3O. The number of carbonyl (C=O) groups is 1. The molecule has 3 N–H and O–H groups in total. The number of nitrogens with two attached hydrogens (primary N) is 1. The molecule has 2 aromatic rings. The predicted octanol–water partition coefficient (Wildman–Crippen LogP) is 2.51. The molecule has 0 atom stereocenters. The second kappa shape index (κ2) is 5.01. The van der Waals surface area contributed by atoms with Gasteiger partial charge in [0, 0.05) is 5.69 Å². The number of halogens is 2. The molecule has 0 spiro atoms. The van der Waals surface area contributed by atoms with E-state index in [1.807, 2.05) is 0 Å². The molecule has 1 heterocycles. The van der Waals surface area contributed by atoms with E-state index in [4.69, 9.17) is 5.73 Å². The van der Waals surface area contributed by atoms with Gasteiger partial charge in [-0.2, -0.15) is 0 Å². The molecule has 0 aliphatic rings. The lowest BCUT2D eigenvalue weighted by Crippen LogP contribution is -2.15. The Morgan fingerprint density at radius 3 is 2.47 bits per heavy atom. The predicted molar refractivity (Wildman–Crippen MR) is 67.1 cm³/mol. The number of hydrogen-bond donors (Lipinski definition) is 2. The van der Waals surface area contributed by atoms with Crippen LogP contribution < -0.4 is 11.1 Å². The smallest absolute Gasteiger partial charge is 0.252 e. The van der Waals surface area contributed by atoms with Crippen molar-refractivity contribution >= 4 is 17.4 Å². The largest absolute Gasteiger partial charge is 0.365 e. The SMILES string of the molecule is Cc1nc(Nc2ccc(F)cc2)c(C(N)=O)cc1F. The molecule has 0 saturated heterocycles. The van der Waals surface area contributed by atoms with Crippen molar-refractivity contribution in [3.05, 3.63) is 53.2 Å². The Hall–Kier alpha value is -2.50. The number of amides is 1. The minimum atomic E-state index is -0.795. The quantitative estimate of drug-likeness (QED) is 0.894. The molecule has 2 rings (SSSR count).